The van der Waals surface area contributed by atoms with E-state index >= 15 is 0 Å². The average Bonchev–Trinajstić information content (AvgIpc) is 2.63. The number of nitrogens with one attached hydrogen (secondary N) is 2. The highest BCUT2D eigenvalue weighted by Gasteiger charge is 2.08. The SMILES string of the molecule is CCCC(=O)Nc1ccc(Cl)c(NC(=O)/C=C\c2cc(Br)ccc2OC)c1. The Morgan fingerprint density at radius 1 is 1.19 bits per heavy atom. The summed E-state index contributed by atoms with van der Waals surface area (Å²) in [5.41, 5.74) is 1.75. The van der Waals surface area contributed by atoms with E-state index in [9.17, 15) is 9.59 Å². The van der Waals surface area contributed by atoms with Gasteiger partial charge in [-0.1, -0.05) is 34.5 Å². The first-order valence-corrected chi connectivity index (χ1v) is 9.52. The molecule has 2 aromatic rings. The third-order valence-corrected chi connectivity index (χ3v) is 4.41. The molecule has 0 radical (unpaired) electrons. The predicted octanol–water partition coefficient (Wildman–Crippen LogP) is 5.50. The molecule has 7 heteroatoms. The van der Waals surface area contributed by atoms with Gasteiger partial charge in [0.2, 0.25) is 11.8 Å². The molecule has 142 valence electrons. The van der Waals surface area contributed by atoms with Gasteiger partial charge in [0.05, 0.1) is 17.8 Å². The van der Waals surface area contributed by atoms with Gasteiger partial charge in [-0.3, -0.25) is 9.59 Å². The highest BCUT2D eigenvalue weighted by Crippen LogP contribution is 2.27. The minimum Gasteiger partial charge on any atom is -0.496 e. The van der Waals surface area contributed by atoms with Crippen molar-refractivity contribution in [3.8, 4) is 5.75 Å². The van der Waals surface area contributed by atoms with Gasteiger partial charge in [0, 0.05) is 28.2 Å². The number of anilines is 2. The maximum absolute atomic E-state index is 12.3. The monoisotopic (exact) mass is 450 g/mol. The van der Waals surface area contributed by atoms with Crippen molar-refractivity contribution in [2.75, 3.05) is 17.7 Å². The first-order chi connectivity index (χ1) is 12.9. The number of rotatable bonds is 7. The van der Waals surface area contributed by atoms with Crippen LogP contribution < -0.4 is 15.4 Å². The Bertz CT molecular complexity index is 868. The van der Waals surface area contributed by atoms with Crippen LogP contribution in [0.25, 0.3) is 6.08 Å². The summed E-state index contributed by atoms with van der Waals surface area (Å²) >= 11 is 9.54. The van der Waals surface area contributed by atoms with Gasteiger partial charge in [-0.25, -0.2) is 0 Å². The molecule has 27 heavy (non-hydrogen) atoms. The molecule has 0 saturated carbocycles. The first-order valence-electron chi connectivity index (χ1n) is 8.35. The Morgan fingerprint density at radius 2 is 1.96 bits per heavy atom. The topological polar surface area (TPSA) is 67.4 Å². The molecule has 0 spiro atoms. The fourth-order valence-corrected chi connectivity index (χ4v) is 2.87. The summed E-state index contributed by atoms with van der Waals surface area (Å²) in [5, 5.41) is 5.87. The molecular weight excluding hydrogens is 432 g/mol. The van der Waals surface area contributed by atoms with Gasteiger partial charge in [0.25, 0.3) is 0 Å². The molecule has 2 rings (SSSR count). The zero-order valence-corrected chi connectivity index (χ0v) is 17.4. The van der Waals surface area contributed by atoms with Gasteiger partial charge in [-0.2, -0.15) is 0 Å². The number of benzene rings is 2. The maximum Gasteiger partial charge on any atom is 0.248 e. The summed E-state index contributed by atoms with van der Waals surface area (Å²) in [5.74, 6) is 0.218. The fourth-order valence-electron chi connectivity index (χ4n) is 2.32. The Labute approximate surface area is 171 Å². The molecule has 2 N–H and O–H groups in total. The number of halogens is 2. The third-order valence-electron chi connectivity index (χ3n) is 3.59. The summed E-state index contributed by atoms with van der Waals surface area (Å²) < 4.78 is 6.15. The smallest absolute Gasteiger partial charge is 0.248 e. The van der Waals surface area contributed by atoms with E-state index in [-0.39, 0.29) is 11.8 Å². The quantitative estimate of drug-likeness (QED) is 0.546. The molecule has 0 fully saturated rings. The number of amides is 2. The Balaban J connectivity index is 2.11. The van der Waals surface area contributed by atoms with Crippen LogP contribution in [0.15, 0.2) is 46.9 Å². The van der Waals surface area contributed by atoms with Crippen LogP contribution in [0.3, 0.4) is 0 Å². The largest absolute Gasteiger partial charge is 0.496 e. The van der Waals surface area contributed by atoms with Crippen LogP contribution in [0, 0.1) is 0 Å². The zero-order chi connectivity index (χ0) is 19.8. The second-order valence-corrected chi connectivity index (χ2v) is 7.02. The lowest BCUT2D eigenvalue weighted by molar-refractivity contribution is -0.116. The highest BCUT2D eigenvalue weighted by molar-refractivity contribution is 9.10. The predicted molar refractivity (Wildman–Crippen MR) is 113 cm³/mol. The summed E-state index contributed by atoms with van der Waals surface area (Å²) in [6.07, 6.45) is 4.23. The second-order valence-electron chi connectivity index (χ2n) is 5.70. The molecule has 2 aromatic carbocycles. The van der Waals surface area contributed by atoms with Crippen molar-refractivity contribution in [2.24, 2.45) is 0 Å². The highest BCUT2D eigenvalue weighted by atomic mass is 79.9. The normalized spacial score (nSPS) is 10.7. The molecule has 0 aliphatic heterocycles. The van der Waals surface area contributed by atoms with E-state index in [1.807, 2.05) is 19.1 Å². The molecule has 0 aromatic heterocycles. The number of ether oxygens (including phenoxy) is 1. The third kappa shape index (κ3) is 6.41. The number of carbonyl (C=O) groups is 2. The van der Waals surface area contributed by atoms with Gasteiger partial charge in [0.1, 0.15) is 5.75 Å². The molecule has 0 unspecified atom stereocenters. The van der Waals surface area contributed by atoms with E-state index in [2.05, 4.69) is 26.6 Å². The summed E-state index contributed by atoms with van der Waals surface area (Å²) in [7, 11) is 1.57. The van der Waals surface area contributed by atoms with Crippen LogP contribution in [0.2, 0.25) is 5.02 Å². The van der Waals surface area contributed by atoms with Crippen molar-refractivity contribution in [3.05, 3.63) is 57.5 Å². The Kier molecular flexibility index (Phi) is 7.88. The number of carbonyl (C=O) groups excluding carboxylic acids is 2. The Hall–Kier alpha value is -2.31. The molecular formula is C20H20BrClN2O3. The zero-order valence-electron chi connectivity index (χ0n) is 15.0. The number of hydrogen-bond donors (Lipinski definition) is 2. The van der Waals surface area contributed by atoms with E-state index in [4.69, 9.17) is 16.3 Å². The minimum atomic E-state index is -0.351. The second kappa shape index (κ2) is 10.1. The average molecular weight is 452 g/mol. The van der Waals surface area contributed by atoms with Crippen molar-refractivity contribution >= 4 is 56.8 Å². The van der Waals surface area contributed by atoms with Crippen molar-refractivity contribution < 1.29 is 14.3 Å². The number of hydrogen-bond acceptors (Lipinski definition) is 3. The van der Waals surface area contributed by atoms with Crippen LogP contribution in [0.5, 0.6) is 5.75 Å². The van der Waals surface area contributed by atoms with E-state index < -0.39 is 0 Å². The van der Waals surface area contributed by atoms with Crippen molar-refractivity contribution in [2.45, 2.75) is 19.8 Å². The van der Waals surface area contributed by atoms with Crippen LogP contribution in [-0.4, -0.2) is 18.9 Å². The van der Waals surface area contributed by atoms with Crippen molar-refractivity contribution in [3.63, 3.8) is 0 Å². The van der Waals surface area contributed by atoms with Gasteiger partial charge in [-0.15, -0.1) is 0 Å². The fraction of sp³-hybridized carbons (Fsp3) is 0.200. The molecule has 0 aliphatic carbocycles. The van der Waals surface area contributed by atoms with E-state index in [0.29, 0.717) is 28.6 Å². The van der Waals surface area contributed by atoms with Crippen molar-refractivity contribution in [1.82, 2.24) is 0 Å². The van der Waals surface area contributed by atoms with Crippen LogP contribution in [0.4, 0.5) is 11.4 Å². The van der Waals surface area contributed by atoms with Crippen LogP contribution in [0.1, 0.15) is 25.3 Å². The van der Waals surface area contributed by atoms with Crippen LogP contribution in [-0.2, 0) is 9.59 Å². The lowest BCUT2D eigenvalue weighted by Gasteiger charge is -2.09. The van der Waals surface area contributed by atoms with Gasteiger partial charge in [-0.05, 0) is 48.9 Å². The Morgan fingerprint density at radius 3 is 2.67 bits per heavy atom. The molecule has 0 heterocycles. The lowest BCUT2D eigenvalue weighted by Crippen LogP contribution is -2.12. The van der Waals surface area contributed by atoms with Gasteiger partial charge >= 0.3 is 0 Å². The lowest BCUT2D eigenvalue weighted by atomic mass is 10.2. The summed E-state index contributed by atoms with van der Waals surface area (Å²) in [6, 6.07) is 10.4. The molecule has 0 aliphatic rings. The molecule has 0 bridgehead atoms. The summed E-state index contributed by atoms with van der Waals surface area (Å²) in [4.78, 5) is 24.0. The summed E-state index contributed by atoms with van der Waals surface area (Å²) in [6.45, 7) is 1.93. The maximum atomic E-state index is 12.3. The molecule has 5 nitrogen and oxygen atoms in total. The molecule has 0 atom stereocenters. The minimum absolute atomic E-state index is 0.0845. The van der Waals surface area contributed by atoms with E-state index in [1.165, 1.54) is 6.08 Å². The van der Waals surface area contributed by atoms with Gasteiger partial charge < -0.3 is 15.4 Å². The van der Waals surface area contributed by atoms with Crippen LogP contribution >= 0.6 is 27.5 Å². The van der Waals surface area contributed by atoms with Gasteiger partial charge in [0.15, 0.2) is 0 Å². The van der Waals surface area contributed by atoms with E-state index in [0.717, 1.165) is 16.5 Å². The first kappa shape index (κ1) is 21.0. The molecule has 2 amide bonds. The standard InChI is InChI=1S/C20H20BrClN2O3/c1-3-4-19(25)23-15-7-8-16(22)17(12-15)24-20(26)10-5-13-11-14(21)6-9-18(13)27-2/h5-12H,3-4H2,1-2H3,(H,23,25)(H,24,26)/b10-5-. The van der Waals surface area contributed by atoms with E-state index in [1.54, 1.807) is 37.5 Å². The van der Waals surface area contributed by atoms with Crippen molar-refractivity contribution in [1.29, 1.82) is 0 Å². The molecule has 0 saturated heterocycles. The number of methoxy groups -OCH3 is 1.